The molecule has 0 heterocycles. The van der Waals surface area contributed by atoms with Crippen molar-refractivity contribution in [3.8, 4) is 0 Å². The zero-order valence-corrected chi connectivity index (χ0v) is 11.0. The van der Waals surface area contributed by atoms with Crippen molar-refractivity contribution in [2.24, 2.45) is 0 Å². The van der Waals surface area contributed by atoms with Crippen molar-refractivity contribution < 1.29 is 5.11 Å². The molecular weight excluding hydrogens is 342 g/mol. The van der Waals surface area contributed by atoms with Gasteiger partial charge in [0.05, 0.1) is 16.7 Å². The number of halogens is 3. The molecule has 0 radical (unpaired) electrons. The normalized spacial score (nSPS) is 10.5. The average molecular weight is 349 g/mol. The number of aliphatic hydroxyl groups is 1. The second-order valence-corrected chi connectivity index (χ2v) is 5.30. The maximum atomic E-state index is 8.64. The highest BCUT2D eigenvalue weighted by Gasteiger charge is 2.07. The number of thioether (sulfide) groups is 1. The third-order valence-corrected chi connectivity index (χ3v) is 4.60. The average Bonchev–Trinajstić information content (AvgIpc) is 2.13. The topological polar surface area (TPSA) is 20.2 Å². The van der Waals surface area contributed by atoms with Gasteiger partial charge in [0.25, 0.3) is 0 Å². The van der Waals surface area contributed by atoms with Gasteiger partial charge in [-0.2, -0.15) is 0 Å². The molecule has 5 heteroatoms. The molecule has 0 aliphatic rings. The summed E-state index contributed by atoms with van der Waals surface area (Å²) in [6.07, 6.45) is 0. The second kappa shape index (κ2) is 5.66. The standard InChI is InChI=1S/C8H7Cl2IOS/c9-7-5(11)1-2-6(8(7)10)13-4-3-12/h1-2,12H,3-4H2. The molecule has 1 N–H and O–H groups in total. The molecule has 0 amide bonds. The van der Waals surface area contributed by atoms with E-state index in [-0.39, 0.29) is 6.61 Å². The molecule has 0 saturated carbocycles. The molecular formula is C8H7Cl2IOS. The van der Waals surface area contributed by atoms with Crippen molar-refractivity contribution in [2.75, 3.05) is 12.4 Å². The first-order chi connectivity index (χ1) is 6.16. The second-order valence-electron chi connectivity index (χ2n) is 2.25. The summed E-state index contributed by atoms with van der Waals surface area (Å²) in [6, 6.07) is 3.82. The summed E-state index contributed by atoms with van der Waals surface area (Å²) in [5.74, 6) is 0.636. The summed E-state index contributed by atoms with van der Waals surface area (Å²) in [4.78, 5) is 0.918. The highest BCUT2D eigenvalue weighted by Crippen LogP contribution is 2.35. The van der Waals surface area contributed by atoms with Crippen LogP contribution in [0, 0.1) is 3.57 Å². The van der Waals surface area contributed by atoms with Gasteiger partial charge in [-0.05, 0) is 34.7 Å². The fraction of sp³-hybridized carbons (Fsp3) is 0.250. The third-order valence-electron chi connectivity index (χ3n) is 1.35. The van der Waals surface area contributed by atoms with Gasteiger partial charge in [-0.25, -0.2) is 0 Å². The fourth-order valence-corrected chi connectivity index (χ4v) is 2.64. The molecule has 13 heavy (non-hydrogen) atoms. The number of hydrogen-bond donors (Lipinski definition) is 1. The Bertz CT molecular complexity index is 306. The van der Waals surface area contributed by atoms with Crippen molar-refractivity contribution in [1.82, 2.24) is 0 Å². The predicted octanol–water partition coefficient (Wildman–Crippen LogP) is 3.68. The van der Waals surface area contributed by atoms with Gasteiger partial charge in [0.2, 0.25) is 0 Å². The van der Waals surface area contributed by atoms with Crippen LogP contribution in [0.1, 0.15) is 0 Å². The molecule has 0 bridgehead atoms. The molecule has 1 rings (SSSR count). The lowest BCUT2D eigenvalue weighted by Gasteiger charge is -2.05. The Kier molecular flexibility index (Phi) is 5.18. The zero-order chi connectivity index (χ0) is 9.84. The maximum absolute atomic E-state index is 8.64. The van der Waals surface area contributed by atoms with E-state index in [0.717, 1.165) is 8.47 Å². The van der Waals surface area contributed by atoms with Crippen molar-refractivity contribution in [1.29, 1.82) is 0 Å². The van der Waals surface area contributed by atoms with Crippen molar-refractivity contribution in [3.63, 3.8) is 0 Å². The van der Waals surface area contributed by atoms with Crippen molar-refractivity contribution >= 4 is 57.6 Å². The Morgan fingerprint density at radius 1 is 1.31 bits per heavy atom. The van der Waals surface area contributed by atoms with Crippen LogP contribution in [0.5, 0.6) is 0 Å². The Morgan fingerprint density at radius 2 is 2.00 bits per heavy atom. The molecule has 0 atom stereocenters. The first-order valence-electron chi connectivity index (χ1n) is 3.54. The van der Waals surface area contributed by atoms with Crippen LogP contribution in [0.2, 0.25) is 10.0 Å². The molecule has 1 nitrogen and oxygen atoms in total. The maximum Gasteiger partial charge on any atom is 0.0738 e. The van der Waals surface area contributed by atoms with Crippen LogP contribution in [0.3, 0.4) is 0 Å². The Labute approximate surface area is 105 Å². The summed E-state index contributed by atoms with van der Waals surface area (Å²) in [6.45, 7) is 0.143. The van der Waals surface area contributed by atoms with Gasteiger partial charge in [-0.15, -0.1) is 11.8 Å². The molecule has 0 aliphatic heterocycles. The minimum Gasteiger partial charge on any atom is -0.396 e. The Balaban J connectivity index is 2.90. The molecule has 0 fully saturated rings. The Morgan fingerprint density at radius 3 is 2.62 bits per heavy atom. The van der Waals surface area contributed by atoms with Crippen LogP contribution < -0.4 is 0 Å². The summed E-state index contributed by atoms with van der Waals surface area (Å²) in [7, 11) is 0. The first kappa shape index (κ1) is 11.9. The molecule has 72 valence electrons. The van der Waals surface area contributed by atoms with Crippen LogP contribution in [0.25, 0.3) is 0 Å². The third kappa shape index (κ3) is 3.16. The molecule has 0 aromatic heterocycles. The smallest absolute Gasteiger partial charge is 0.0738 e. The van der Waals surface area contributed by atoms with Gasteiger partial charge < -0.3 is 5.11 Å². The van der Waals surface area contributed by atoms with E-state index in [1.807, 2.05) is 12.1 Å². The zero-order valence-electron chi connectivity index (χ0n) is 6.56. The van der Waals surface area contributed by atoms with E-state index in [0.29, 0.717) is 15.8 Å². The van der Waals surface area contributed by atoms with E-state index < -0.39 is 0 Å². The van der Waals surface area contributed by atoms with E-state index in [9.17, 15) is 0 Å². The van der Waals surface area contributed by atoms with Crippen molar-refractivity contribution in [3.05, 3.63) is 25.7 Å². The van der Waals surface area contributed by atoms with Crippen LogP contribution in [-0.4, -0.2) is 17.5 Å². The summed E-state index contributed by atoms with van der Waals surface area (Å²) in [5.41, 5.74) is 0. The van der Waals surface area contributed by atoms with Gasteiger partial charge in [-0.1, -0.05) is 23.2 Å². The minimum absolute atomic E-state index is 0.143. The van der Waals surface area contributed by atoms with E-state index in [4.69, 9.17) is 28.3 Å². The van der Waals surface area contributed by atoms with E-state index in [1.165, 1.54) is 11.8 Å². The van der Waals surface area contributed by atoms with Crippen molar-refractivity contribution in [2.45, 2.75) is 4.90 Å². The molecule has 0 unspecified atom stereocenters. The lowest BCUT2D eigenvalue weighted by Crippen LogP contribution is -1.87. The largest absolute Gasteiger partial charge is 0.396 e. The van der Waals surface area contributed by atoms with Crippen LogP contribution >= 0.6 is 57.6 Å². The summed E-state index contributed by atoms with van der Waals surface area (Å²) < 4.78 is 0.942. The molecule has 1 aromatic carbocycles. The highest BCUT2D eigenvalue weighted by atomic mass is 127. The SMILES string of the molecule is OCCSc1ccc(I)c(Cl)c1Cl. The highest BCUT2D eigenvalue weighted by molar-refractivity contribution is 14.1. The summed E-state index contributed by atoms with van der Waals surface area (Å²) in [5, 5.41) is 9.81. The van der Waals surface area contributed by atoms with Crippen LogP contribution in [0.15, 0.2) is 17.0 Å². The monoisotopic (exact) mass is 348 g/mol. The van der Waals surface area contributed by atoms with Gasteiger partial charge in [0.1, 0.15) is 0 Å². The van der Waals surface area contributed by atoms with Gasteiger partial charge in [-0.3, -0.25) is 0 Å². The predicted molar refractivity (Wildman–Crippen MR) is 67.0 cm³/mol. The number of benzene rings is 1. The molecule has 0 aliphatic carbocycles. The van der Waals surface area contributed by atoms with E-state index >= 15 is 0 Å². The number of hydrogen-bond acceptors (Lipinski definition) is 2. The molecule has 0 saturated heterocycles. The van der Waals surface area contributed by atoms with E-state index in [1.54, 1.807) is 0 Å². The molecule has 0 spiro atoms. The quantitative estimate of drug-likeness (QED) is 0.511. The first-order valence-corrected chi connectivity index (χ1v) is 6.36. The lowest BCUT2D eigenvalue weighted by atomic mass is 10.4. The number of rotatable bonds is 3. The molecule has 1 aromatic rings. The van der Waals surface area contributed by atoms with Crippen LogP contribution in [0.4, 0.5) is 0 Å². The fourth-order valence-electron chi connectivity index (χ4n) is 0.775. The van der Waals surface area contributed by atoms with Gasteiger partial charge in [0, 0.05) is 14.2 Å². The van der Waals surface area contributed by atoms with Crippen LogP contribution in [-0.2, 0) is 0 Å². The summed E-state index contributed by atoms with van der Waals surface area (Å²) >= 11 is 15.6. The van der Waals surface area contributed by atoms with Gasteiger partial charge in [0.15, 0.2) is 0 Å². The van der Waals surface area contributed by atoms with Gasteiger partial charge >= 0.3 is 0 Å². The lowest BCUT2D eigenvalue weighted by molar-refractivity contribution is 0.322. The Hall–Kier alpha value is 0.840. The minimum atomic E-state index is 0.143. The number of aliphatic hydroxyl groups excluding tert-OH is 1. The van der Waals surface area contributed by atoms with E-state index in [2.05, 4.69) is 22.6 Å².